The van der Waals surface area contributed by atoms with Gasteiger partial charge in [-0.25, -0.2) is 0 Å². The summed E-state index contributed by atoms with van der Waals surface area (Å²) >= 11 is 6.02. The van der Waals surface area contributed by atoms with Gasteiger partial charge in [0.15, 0.2) is 0 Å². The van der Waals surface area contributed by atoms with Crippen LogP contribution < -0.4 is 0 Å². The normalized spacial score (nSPS) is 11.3. The molecule has 0 radical (unpaired) electrons. The van der Waals surface area contributed by atoms with Crippen molar-refractivity contribution in [2.45, 2.75) is 64.8 Å². The zero-order chi connectivity index (χ0) is 14.2. The fourth-order valence-corrected chi connectivity index (χ4v) is 2.96. The monoisotopic (exact) mass is 291 g/mol. The molecule has 0 N–H and O–H groups in total. The standard InChI is InChI=1S/C18H26ClN/c1-2-3-4-5-6-7-8-9-13-20-14-12-16-15-17(19)10-11-18(16)20/h10-12,14-15H,2-9,13H2,1H3. The Labute approximate surface area is 127 Å². The Kier molecular flexibility index (Phi) is 6.46. The van der Waals surface area contributed by atoms with Crippen LogP contribution in [-0.2, 0) is 6.54 Å². The van der Waals surface area contributed by atoms with Gasteiger partial charge in [-0.3, -0.25) is 0 Å². The van der Waals surface area contributed by atoms with E-state index < -0.39 is 0 Å². The summed E-state index contributed by atoms with van der Waals surface area (Å²) in [7, 11) is 0. The van der Waals surface area contributed by atoms with Crippen molar-refractivity contribution in [3.8, 4) is 0 Å². The van der Waals surface area contributed by atoms with Crippen molar-refractivity contribution in [1.82, 2.24) is 4.57 Å². The lowest BCUT2D eigenvalue weighted by Crippen LogP contribution is -1.95. The number of aryl methyl sites for hydroxylation is 1. The zero-order valence-corrected chi connectivity index (χ0v) is 13.3. The molecule has 2 heteroatoms. The quantitative estimate of drug-likeness (QED) is 0.469. The van der Waals surface area contributed by atoms with E-state index in [0.717, 1.165) is 11.6 Å². The second-order valence-corrected chi connectivity index (χ2v) is 6.12. The molecule has 0 saturated heterocycles. The molecular formula is C18H26ClN. The van der Waals surface area contributed by atoms with Crippen molar-refractivity contribution in [3.05, 3.63) is 35.5 Å². The van der Waals surface area contributed by atoms with Gasteiger partial charge in [-0.2, -0.15) is 0 Å². The first-order chi connectivity index (χ1) is 9.81. The van der Waals surface area contributed by atoms with Crippen molar-refractivity contribution in [1.29, 1.82) is 0 Å². The van der Waals surface area contributed by atoms with E-state index in [-0.39, 0.29) is 0 Å². The maximum absolute atomic E-state index is 6.02. The number of hydrogen-bond donors (Lipinski definition) is 0. The number of rotatable bonds is 9. The molecule has 1 aromatic carbocycles. The molecule has 0 aliphatic rings. The van der Waals surface area contributed by atoms with Gasteiger partial charge in [-0.15, -0.1) is 0 Å². The SMILES string of the molecule is CCCCCCCCCCn1ccc2cc(Cl)ccc21. The van der Waals surface area contributed by atoms with Gasteiger partial charge in [0.25, 0.3) is 0 Å². The number of fused-ring (bicyclic) bond motifs is 1. The molecule has 1 nitrogen and oxygen atoms in total. The van der Waals surface area contributed by atoms with Crippen molar-refractivity contribution in [2.75, 3.05) is 0 Å². The van der Waals surface area contributed by atoms with E-state index in [2.05, 4.69) is 29.8 Å². The molecule has 0 bridgehead atoms. The highest BCUT2D eigenvalue weighted by molar-refractivity contribution is 6.31. The molecule has 0 unspecified atom stereocenters. The highest BCUT2D eigenvalue weighted by Gasteiger charge is 2.01. The van der Waals surface area contributed by atoms with Crippen LogP contribution in [-0.4, -0.2) is 4.57 Å². The van der Waals surface area contributed by atoms with E-state index in [9.17, 15) is 0 Å². The lowest BCUT2D eigenvalue weighted by molar-refractivity contribution is 0.549. The largest absolute Gasteiger partial charge is 0.347 e. The predicted octanol–water partition coefficient (Wildman–Crippen LogP) is 6.44. The Bertz CT molecular complexity index is 515. The average molecular weight is 292 g/mol. The molecule has 2 rings (SSSR count). The third-order valence-electron chi connectivity index (χ3n) is 3.99. The third kappa shape index (κ3) is 4.56. The van der Waals surface area contributed by atoms with Crippen LogP contribution in [0.5, 0.6) is 0 Å². The van der Waals surface area contributed by atoms with Crippen LogP contribution >= 0.6 is 11.6 Å². The van der Waals surface area contributed by atoms with Crippen molar-refractivity contribution in [2.24, 2.45) is 0 Å². The summed E-state index contributed by atoms with van der Waals surface area (Å²) in [6.45, 7) is 3.40. The minimum Gasteiger partial charge on any atom is -0.347 e. The Morgan fingerprint density at radius 2 is 1.60 bits per heavy atom. The number of unbranched alkanes of at least 4 members (excludes halogenated alkanes) is 7. The van der Waals surface area contributed by atoms with Gasteiger partial charge < -0.3 is 4.57 Å². The first-order valence-electron chi connectivity index (χ1n) is 8.05. The van der Waals surface area contributed by atoms with Gasteiger partial charge in [-0.1, -0.05) is 63.5 Å². The summed E-state index contributed by atoms with van der Waals surface area (Å²) in [5.74, 6) is 0. The zero-order valence-electron chi connectivity index (χ0n) is 12.6. The minimum atomic E-state index is 0.822. The van der Waals surface area contributed by atoms with Crippen LogP contribution in [0.25, 0.3) is 10.9 Å². The highest BCUT2D eigenvalue weighted by atomic mass is 35.5. The van der Waals surface area contributed by atoms with Gasteiger partial charge in [0.2, 0.25) is 0 Å². The van der Waals surface area contributed by atoms with Crippen molar-refractivity contribution in [3.63, 3.8) is 0 Å². The van der Waals surface area contributed by atoms with Crippen molar-refractivity contribution >= 4 is 22.5 Å². The molecule has 0 spiro atoms. The lowest BCUT2D eigenvalue weighted by atomic mass is 10.1. The molecule has 1 aromatic heterocycles. The van der Waals surface area contributed by atoms with Gasteiger partial charge >= 0.3 is 0 Å². The van der Waals surface area contributed by atoms with E-state index in [0.29, 0.717) is 0 Å². The summed E-state index contributed by atoms with van der Waals surface area (Å²) in [6.07, 6.45) is 13.2. The summed E-state index contributed by atoms with van der Waals surface area (Å²) in [5, 5.41) is 2.07. The summed E-state index contributed by atoms with van der Waals surface area (Å²) < 4.78 is 2.35. The second-order valence-electron chi connectivity index (χ2n) is 5.69. The molecule has 0 fully saturated rings. The first kappa shape index (κ1) is 15.4. The topological polar surface area (TPSA) is 4.93 Å². The minimum absolute atomic E-state index is 0.822. The van der Waals surface area contributed by atoms with Gasteiger partial charge in [0.1, 0.15) is 0 Å². The molecule has 110 valence electrons. The first-order valence-corrected chi connectivity index (χ1v) is 8.43. The summed E-state index contributed by atoms with van der Waals surface area (Å²) in [5.41, 5.74) is 1.30. The van der Waals surface area contributed by atoms with E-state index in [1.165, 1.54) is 62.3 Å². The van der Waals surface area contributed by atoms with Gasteiger partial charge in [-0.05, 0) is 30.7 Å². The number of hydrogen-bond acceptors (Lipinski definition) is 0. The third-order valence-corrected chi connectivity index (χ3v) is 4.22. The Balaban J connectivity index is 1.68. The average Bonchev–Trinajstić information content (AvgIpc) is 2.84. The number of halogens is 1. The molecule has 2 aromatic rings. The smallest absolute Gasteiger partial charge is 0.0481 e. The Morgan fingerprint density at radius 1 is 0.900 bits per heavy atom. The maximum Gasteiger partial charge on any atom is 0.0481 e. The van der Waals surface area contributed by atoms with Crippen LogP contribution in [0.3, 0.4) is 0 Å². The van der Waals surface area contributed by atoms with E-state index in [1.807, 2.05) is 12.1 Å². The number of aromatic nitrogens is 1. The number of nitrogens with zero attached hydrogens (tertiary/aromatic N) is 1. The molecule has 0 amide bonds. The fourth-order valence-electron chi connectivity index (χ4n) is 2.78. The Hall–Kier alpha value is -0.950. The van der Waals surface area contributed by atoms with Gasteiger partial charge in [0.05, 0.1) is 0 Å². The molecule has 0 aliphatic heterocycles. The molecule has 1 heterocycles. The molecule has 0 saturated carbocycles. The van der Waals surface area contributed by atoms with Crippen LogP contribution in [0.4, 0.5) is 0 Å². The predicted molar refractivity (Wildman–Crippen MR) is 89.6 cm³/mol. The van der Waals surface area contributed by atoms with E-state index in [1.54, 1.807) is 0 Å². The van der Waals surface area contributed by atoms with Crippen LogP contribution in [0.2, 0.25) is 5.02 Å². The van der Waals surface area contributed by atoms with Crippen molar-refractivity contribution < 1.29 is 0 Å². The number of benzene rings is 1. The van der Waals surface area contributed by atoms with Crippen LogP contribution in [0.15, 0.2) is 30.5 Å². The van der Waals surface area contributed by atoms with Crippen LogP contribution in [0, 0.1) is 0 Å². The van der Waals surface area contributed by atoms with Crippen LogP contribution in [0.1, 0.15) is 58.3 Å². The Morgan fingerprint density at radius 3 is 2.35 bits per heavy atom. The molecule has 20 heavy (non-hydrogen) atoms. The summed E-state index contributed by atoms with van der Waals surface area (Å²) in [6, 6.07) is 8.31. The second kappa shape index (κ2) is 8.36. The fraction of sp³-hybridized carbons (Fsp3) is 0.556. The lowest BCUT2D eigenvalue weighted by Gasteiger charge is -2.06. The summed E-state index contributed by atoms with van der Waals surface area (Å²) in [4.78, 5) is 0. The van der Waals surface area contributed by atoms with E-state index in [4.69, 9.17) is 11.6 Å². The van der Waals surface area contributed by atoms with E-state index >= 15 is 0 Å². The highest BCUT2D eigenvalue weighted by Crippen LogP contribution is 2.21. The van der Waals surface area contributed by atoms with Gasteiger partial charge in [0, 0.05) is 28.7 Å². The molecule has 0 aliphatic carbocycles. The molecule has 0 atom stereocenters. The molecular weight excluding hydrogens is 266 g/mol. The maximum atomic E-state index is 6.02.